The third kappa shape index (κ3) is 4.24. The maximum atomic E-state index is 5.37. The molecule has 0 amide bonds. The first-order valence-electron chi connectivity index (χ1n) is 16.9. The number of rotatable bonds is 3. The van der Waals surface area contributed by atoms with Gasteiger partial charge in [0.1, 0.15) is 8.07 Å². The van der Waals surface area contributed by atoms with E-state index < -0.39 is 8.07 Å². The maximum Gasteiger partial charge on any atom is 0.113 e. The van der Waals surface area contributed by atoms with E-state index in [1.807, 2.05) is 18.2 Å². The molecule has 0 spiro atoms. The summed E-state index contributed by atoms with van der Waals surface area (Å²) in [7, 11) is -1.79. The van der Waals surface area contributed by atoms with Gasteiger partial charge in [0.15, 0.2) is 0 Å². The Morgan fingerprint density at radius 2 is 1.00 bits per heavy atom. The molecule has 4 heteroatoms. The van der Waals surface area contributed by atoms with Gasteiger partial charge in [-0.1, -0.05) is 147 Å². The van der Waals surface area contributed by atoms with Gasteiger partial charge in [-0.05, 0) is 45.1 Å². The monoisotopic (exact) mass is 641 g/mol. The molecule has 0 radical (unpaired) electrons. The van der Waals surface area contributed by atoms with Crippen LogP contribution in [0.25, 0.3) is 88.4 Å². The van der Waals surface area contributed by atoms with Crippen molar-refractivity contribution in [3.63, 3.8) is 0 Å². The van der Waals surface area contributed by atoms with E-state index in [2.05, 4.69) is 147 Å². The van der Waals surface area contributed by atoms with Crippen LogP contribution in [0.4, 0.5) is 0 Å². The Labute approximate surface area is 285 Å². The van der Waals surface area contributed by atoms with Crippen LogP contribution in [0.2, 0.25) is 13.1 Å². The van der Waals surface area contributed by atoms with Gasteiger partial charge in [0.2, 0.25) is 0 Å². The van der Waals surface area contributed by atoms with E-state index in [0.29, 0.717) is 0 Å². The third-order valence-electron chi connectivity index (χ3n) is 10.5. The average molecular weight is 642 g/mol. The zero-order valence-corrected chi connectivity index (χ0v) is 28.3. The number of fused-ring (bicyclic) bond motifs is 10. The minimum atomic E-state index is -1.79. The van der Waals surface area contributed by atoms with Gasteiger partial charge in [0.25, 0.3) is 0 Å². The molecule has 0 unspecified atom stereocenters. The van der Waals surface area contributed by atoms with Crippen molar-refractivity contribution in [2.24, 2.45) is 0 Å². The van der Waals surface area contributed by atoms with Gasteiger partial charge >= 0.3 is 0 Å². The second-order valence-electron chi connectivity index (χ2n) is 13.6. The standard InChI is InChI=1S/C45H31N3Si/c1-49(2)39-15-9-8-14-35(39)42-40(49)27-26-38-41(42)33-12-6-7-13-34(33)43(48-38)30-18-16-29(17-19-30)37-25-23-32-21-20-31-22-24-36(28-10-4-3-5-11-28)46-44(31)45(32)47-37/h3-27H,1-2H3. The number of hydrogen-bond acceptors (Lipinski definition) is 3. The summed E-state index contributed by atoms with van der Waals surface area (Å²) in [5.41, 5.74) is 11.8. The third-order valence-corrected chi connectivity index (χ3v) is 14.0. The lowest BCUT2D eigenvalue weighted by Crippen LogP contribution is -2.49. The van der Waals surface area contributed by atoms with E-state index in [4.69, 9.17) is 15.0 Å². The van der Waals surface area contributed by atoms with Crippen LogP contribution in [0.5, 0.6) is 0 Å². The highest BCUT2D eigenvalue weighted by molar-refractivity contribution is 7.04. The lowest BCUT2D eigenvalue weighted by Gasteiger charge is -2.19. The van der Waals surface area contributed by atoms with Crippen molar-refractivity contribution in [2.75, 3.05) is 0 Å². The van der Waals surface area contributed by atoms with Crippen LogP contribution in [0.1, 0.15) is 0 Å². The molecule has 1 aliphatic heterocycles. The van der Waals surface area contributed by atoms with E-state index >= 15 is 0 Å². The van der Waals surface area contributed by atoms with Gasteiger partial charge in [0, 0.05) is 38.2 Å². The molecule has 0 N–H and O–H groups in total. The van der Waals surface area contributed by atoms with Gasteiger partial charge in [0.05, 0.1) is 33.6 Å². The highest BCUT2D eigenvalue weighted by atomic mass is 28.3. The summed E-state index contributed by atoms with van der Waals surface area (Å²) in [6, 6.07) is 54.2. The number of hydrogen-bond donors (Lipinski definition) is 0. The van der Waals surface area contributed by atoms with Crippen LogP contribution in [0.15, 0.2) is 152 Å². The van der Waals surface area contributed by atoms with Crippen molar-refractivity contribution in [3.8, 4) is 44.9 Å². The summed E-state index contributed by atoms with van der Waals surface area (Å²) in [6.07, 6.45) is 0. The van der Waals surface area contributed by atoms with E-state index in [9.17, 15) is 0 Å². The number of aromatic nitrogens is 3. The second-order valence-corrected chi connectivity index (χ2v) is 17.9. The van der Waals surface area contributed by atoms with Gasteiger partial charge in [-0.25, -0.2) is 15.0 Å². The van der Waals surface area contributed by atoms with Gasteiger partial charge in [-0.3, -0.25) is 0 Å². The van der Waals surface area contributed by atoms with Crippen molar-refractivity contribution in [1.82, 2.24) is 15.0 Å². The second kappa shape index (κ2) is 10.5. The minimum absolute atomic E-state index is 0.916. The zero-order valence-electron chi connectivity index (χ0n) is 27.3. The molecule has 3 aromatic heterocycles. The predicted octanol–water partition coefficient (Wildman–Crippen LogP) is 10.3. The first-order chi connectivity index (χ1) is 24.0. The summed E-state index contributed by atoms with van der Waals surface area (Å²) in [5.74, 6) is 0. The zero-order chi connectivity index (χ0) is 32.7. The molecular formula is C45H31N3Si. The molecule has 0 bridgehead atoms. The van der Waals surface area contributed by atoms with Crippen LogP contribution in [0.3, 0.4) is 0 Å². The number of benzene rings is 6. The van der Waals surface area contributed by atoms with Gasteiger partial charge in [-0.2, -0.15) is 0 Å². The Morgan fingerprint density at radius 3 is 1.71 bits per heavy atom. The fourth-order valence-electron chi connectivity index (χ4n) is 7.95. The Hall–Kier alpha value is -5.97. The molecule has 0 aliphatic carbocycles. The number of pyridine rings is 3. The fourth-order valence-corrected chi connectivity index (χ4v) is 11.0. The van der Waals surface area contributed by atoms with Crippen LogP contribution < -0.4 is 10.4 Å². The Balaban J connectivity index is 1.09. The highest BCUT2D eigenvalue weighted by Crippen LogP contribution is 2.40. The summed E-state index contributed by atoms with van der Waals surface area (Å²) < 4.78 is 0. The summed E-state index contributed by atoms with van der Waals surface area (Å²) in [6.45, 7) is 4.95. The van der Waals surface area contributed by atoms with Crippen molar-refractivity contribution < 1.29 is 0 Å². The largest absolute Gasteiger partial charge is 0.247 e. The predicted molar refractivity (Wildman–Crippen MR) is 208 cm³/mol. The molecule has 0 fully saturated rings. The van der Waals surface area contributed by atoms with Crippen LogP contribution >= 0.6 is 0 Å². The average Bonchev–Trinajstić information content (AvgIpc) is 3.40. The summed E-state index contributed by atoms with van der Waals surface area (Å²) in [4.78, 5) is 15.7. The summed E-state index contributed by atoms with van der Waals surface area (Å²) >= 11 is 0. The number of nitrogens with zero attached hydrogens (tertiary/aromatic N) is 3. The topological polar surface area (TPSA) is 38.7 Å². The molecule has 230 valence electrons. The normalized spacial score (nSPS) is 13.3. The lowest BCUT2D eigenvalue weighted by atomic mass is 9.94. The quantitative estimate of drug-likeness (QED) is 0.142. The van der Waals surface area contributed by atoms with Gasteiger partial charge < -0.3 is 0 Å². The SMILES string of the molecule is C[Si]1(C)c2ccccc2-c2c1ccc1nc(-c3ccc(-c4ccc5ccc6ccc(-c7ccccc7)nc6c5n4)cc3)c3ccccc3c21. The molecular weight excluding hydrogens is 611 g/mol. The van der Waals surface area contributed by atoms with E-state index in [1.54, 1.807) is 0 Å². The van der Waals surface area contributed by atoms with Crippen LogP contribution in [-0.2, 0) is 0 Å². The molecule has 0 saturated carbocycles. The molecule has 10 rings (SSSR count). The van der Waals surface area contributed by atoms with Crippen molar-refractivity contribution in [1.29, 1.82) is 0 Å². The molecule has 4 heterocycles. The molecule has 0 saturated heterocycles. The van der Waals surface area contributed by atoms with Crippen molar-refractivity contribution >= 4 is 61.9 Å². The molecule has 1 aliphatic rings. The Morgan fingerprint density at radius 1 is 0.429 bits per heavy atom. The fraction of sp³-hybridized carbons (Fsp3) is 0.0444. The maximum absolute atomic E-state index is 5.37. The smallest absolute Gasteiger partial charge is 0.113 e. The van der Waals surface area contributed by atoms with Gasteiger partial charge in [-0.15, -0.1) is 0 Å². The Bertz CT molecular complexity index is 2790. The van der Waals surface area contributed by atoms with Crippen LogP contribution in [0, 0.1) is 0 Å². The van der Waals surface area contributed by atoms with Crippen molar-refractivity contribution in [3.05, 3.63) is 152 Å². The summed E-state index contributed by atoms with van der Waals surface area (Å²) in [5, 5.41) is 8.90. The first kappa shape index (κ1) is 28.1. The van der Waals surface area contributed by atoms with E-state index in [-0.39, 0.29) is 0 Å². The minimum Gasteiger partial charge on any atom is -0.247 e. The van der Waals surface area contributed by atoms with E-state index in [0.717, 1.165) is 61.1 Å². The van der Waals surface area contributed by atoms with E-state index in [1.165, 1.54) is 37.7 Å². The lowest BCUT2D eigenvalue weighted by molar-refractivity contribution is 1.36. The molecule has 49 heavy (non-hydrogen) atoms. The molecule has 3 nitrogen and oxygen atoms in total. The molecule has 0 atom stereocenters. The Kier molecular flexibility index (Phi) is 6.02. The van der Waals surface area contributed by atoms with Crippen LogP contribution in [-0.4, -0.2) is 23.0 Å². The molecule has 6 aromatic carbocycles. The molecule has 9 aromatic rings. The first-order valence-corrected chi connectivity index (χ1v) is 19.9. The van der Waals surface area contributed by atoms with Crippen molar-refractivity contribution in [2.45, 2.75) is 13.1 Å². The highest BCUT2D eigenvalue weighted by Gasteiger charge is 2.38.